The van der Waals surface area contributed by atoms with Gasteiger partial charge in [0, 0.05) is 41.4 Å². The maximum absolute atomic E-state index is 13.1. The van der Waals surface area contributed by atoms with Crippen LogP contribution in [0.4, 0.5) is 20.2 Å². The monoisotopic (exact) mass is 576 g/mol. The maximum Gasteiger partial charge on any atom is 0.488 e. The first-order valence-corrected chi connectivity index (χ1v) is 10.6. The molecule has 0 aliphatic carbocycles. The van der Waals surface area contributed by atoms with Crippen molar-refractivity contribution in [1.82, 2.24) is 9.97 Å². The number of nitro groups is 2. The third kappa shape index (κ3) is 9.80. The van der Waals surface area contributed by atoms with Gasteiger partial charge in [-0.25, -0.2) is 0 Å². The number of nitro benzene ring substituents is 2. The highest BCUT2D eigenvalue weighted by atomic mass is 79.9. The summed E-state index contributed by atoms with van der Waals surface area (Å²) in [5.41, 5.74) is 0.785. The molecule has 10 nitrogen and oxygen atoms in total. The zero-order valence-electron chi connectivity index (χ0n) is 18.1. The van der Waals surface area contributed by atoms with E-state index in [2.05, 4.69) is 25.9 Å². The van der Waals surface area contributed by atoms with Gasteiger partial charge in [0.2, 0.25) is 11.6 Å². The minimum absolute atomic E-state index is 0. The Labute approximate surface area is 218 Å². The molecule has 0 atom stereocenters. The van der Waals surface area contributed by atoms with Crippen molar-refractivity contribution in [3.8, 4) is 11.1 Å². The van der Waals surface area contributed by atoms with Crippen LogP contribution < -0.4 is 5.46 Å². The number of hydrogen-bond donors (Lipinski definition) is 2. The van der Waals surface area contributed by atoms with Crippen molar-refractivity contribution in [3.05, 3.63) is 122 Å². The number of halogens is 3. The number of pyridine rings is 2. The first-order chi connectivity index (χ1) is 17.1. The molecule has 0 aliphatic rings. The van der Waals surface area contributed by atoms with Crippen molar-refractivity contribution >= 4 is 39.9 Å². The summed E-state index contributed by atoms with van der Waals surface area (Å²) in [7, 11) is -1.38. The number of rotatable bonds is 4. The van der Waals surface area contributed by atoms with Crippen molar-refractivity contribution < 1.29 is 28.7 Å². The molecule has 37 heavy (non-hydrogen) atoms. The van der Waals surface area contributed by atoms with Crippen molar-refractivity contribution in [2.75, 3.05) is 0 Å². The van der Waals surface area contributed by atoms with E-state index in [4.69, 9.17) is 10.0 Å². The van der Waals surface area contributed by atoms with Crippen molar-refractivity contribution in [2.45, 2.75) is 7.43 Å². The normalized spacial score (nSPS) is 9.43. The fourth-order valence-electron chi connectivity index (χ4n) is 2.54. The van der Waals surface area contributed by atoms with Crippen LogP contribution in [0.2, 0.25) is 0 Å². The van der Waals surface area contributed by atoms with Gasteiger partial charge in [-0.3, -0.25) is 30.2 Å². The molecule has 0 bridgehead atoms. The number of aromatic nitrogens is 2. The molecular weight excluding hydrogens is 557 g/mol. The zero-order chi connectivity index (χ0) is 26.7. The van der Waals surface area contributed by atoms with Gasteiger partial charge >= 0.3 is 18.5 Å². The SMILES string of the molecule is C.O=[N+]([O-])c1cc(-c2ccncc2)ccc1F.O=[N+]([O-])c1cc(Br)ccc1F.OB(O)c1ccncc1. The van der Waals surface area contributed by atoms with E-state index in [9.17, 15) is 29.0 Å². The van der Waals surface area contributed by atoms with E-state index >= 15 is 0 Å². The Morgan fingerprint density at radius 3 is 1.62 bits per heavy atom. The molecule has 14 heteroatoms. The molecule has 4 aromatic rings. The summed E-state index contributed by atoms with van der Waals surface area (Å²) in [4.78, 5) is 26.7. The number of nitrogens with zero attached hydrogens (tertiary/aromatic N) is 4. The zero-order valence-corrected chi connectivity index (χ0v) is 19.7. The highest BCUT2D eigenvalue weighted by Crippen LogP contribution is 2.25. The van der Waals surface area contributed by atoms with E-state index in [1.54, 1.807) is 36.7 Å². The predicted molar refractivity (Wildman–Crippen MR) is 138 cm³/mol. The fraction of sp³-hybridized carbons (Fsp3) is 0.0435. The lowest BCUT2D eigenvalue weighted by molar-refractivity contribution is -0.387. The van der Waals surface area contributed by atoms with Gasteiger partial charge in [0.05, 0.1) is 9.85 Å². The van der Waals surface area contributed by atoms with Crippen LogP contribution in [0.25, 0.3) is 11.1 Å². The van der Waals surface area contributed by atoms with Crippen molar-refractivity contribution in [2.24, 2.45) is 0 Å². The molecule has 0 fully saturated rings. The van der Waals surface area contributed by atoms with E-state index in [-0.39, 0.29) is 7.43 Å². The third-order valence-corrected chi connectivity index (χ3v) is 4.76. The average Bonchev–Trinajstić information content (AvgIpc) is 2.87. The molecule has 2 aromatic heterocycles. The maximum atomic E-state index is 13.1. The van der Waals surface area contributed by atoms with Gasteiger partial charge in [-0.2, -0.15) is 8.78 Å². The van der Waals surface area contributed by atoms with Crippen LogP contribution in [0, 0.1) is 31.9 Å². The summed E-state index contributed by atoms with van der Waals surface area (Å²) in [6.07, 6.45) is 6.17. The molecule has 0 unspecified atom stereocenters. The summed E-state index contributed by atoms with van der Waals surface area (Å²) < 4.78 is 26.1. The largest absolute Gasteiger partial charge is 0.488 e. The second-order valence-corrected chi connectivity index (χ2v) is 7.58. The van der Waals surface area contributed by atoms with Crippen LogP contribution in [0.15, 0.2) is 89.9 Å². The Balaban J connectivity index is 0.000000287. The first kappa shape index (κ1) is 30.9. The Hall–Kier alpha value is -4.14. The van der Waals surface area contributed by atoms with E-state index < -0.39 is 40.0 Å². The van der Waals surface area contributed by atoms with Crippen LogP contribution >= 0.6 is 15.9 Å². The van der Waals surface area contributed by atoms with E-state index in [0.717, 1.165) is 23.8 Å². The molecule has 2 heterocycles. The molecule has 192 valence electrons. The van der Waals surface area contributed by atoms with Gasteiger partial charge in [0.25, 0.3) is 0 Å². The Morgan fingerprint density at radius 1 is 0.730 bits per heavy atom. The molecule has 0 radical (unpaired) electrons. The molecule has 0 spiro atoms. The van der Waals surface area contributed by atoms with Gasteiger partial charge in [-0.15, -0.1) is 0 Å². The lowest BCUT2D eigenvalue weighted by Gasteiger charge is -2.01. The lowest BCUT2D eigenvalue weighted by Crippen LogP contribution is -2.29. The Morgan fingerprint density at radius 2 is 1.19 bits per heavy atom. The lowest BCUT2D eigenvalue weighted by atomic mass is 9.81. The average molecular weight is 577 g/mol. The van der Waals surface area contributed by atoms with Crippen LogP contribution in [0.3, 0.4) is 0 Å². The standard InChI is InChI=1S/C11H7FN2O2.C6H3BrFNO2.C5H6BNO2.CH4/c12-10-2-1-9(7-11(10)14(15)16)8-3-5-13-6-4-8;7-4-1-2-5(8)6(3-4)9(10)11;8-6(9)5-1-3-7-4-2-5;/h1-7H;1-3H;1-4,8-9H;1H4. The highest BCUT2D eigenvalue weighted by Gasteiger charge is 2.15. The van der Waals surface area contributed by atoms with E-state index in [0.29, 0.717) is 15.5 Å². The molecule has 0 aliphatic heterocycles. The van der Waals surface area contributed by atoms with Crippen LogP contribution in [-0.2, 0) is 0 Å². The van der Waals surface area contributed by atoms with Gasteiger partial charge in [0.15, 0.2) is 0 Å². The minimum atomic E-state index is -1.38. The van der Waals surface area contributed by atoms with E-state index in [1.807, 2.05) is 0 Å². The van der Waals surface area contributed by atoms with Crippen molar-refractivity contribution in [1.29, 1.82) is 0 Å². The molecule has 0 saturated heterocycles. The van der Waals surface area contributed by atoms with Crippen LogP contribution in [-0.4, -0.2) is 37.0 Å². The smallest absolute Gasteiger partial charge is 0.423 e. The fourth-order valence-corrected chi connectivity index (χ4v) is 2.89. The molecule has 0 amide bonds. The quantitative estimate of drug-likeness (QED) is 0.201. The Bertz CT molecular complexity index is 1320. The minimum Gasteiger partial charge on any atom is -0.423 e. The number of benzene rings is 2. The summed E-state index contributed by atoms with van der Waals surface area (Å²) in [6, 6.07) is 13.9. The Kier molecular flexibility index (Phi) is 12.6. The van der Waals surface area contributed by atoms with Gasteiger partial charge in [-0.05, 0) is 59.1 Å². The third-order valence-electron chi connectivity index (χ3n) is 4.27. The second kappa shape index (κ2) is 15.1. The van der Waals surface area contributed by atoms with Crippen LogP contribution in [0.1, 0.15) is 7.43 Å². The van der Waals surface area contributed by atoms with E-state index in [1.165, 1.54) is 30.6 Å². The summed E-state index contributed by atoms with van der Waals surface area (Å²) in [6.45, 7) is 0. The molecule has 0 saturated carbocycles. The van der Waals surface area contributed by atoms with Crippen LogP contribution in [0.5, 0.6) is 0 Å². The summed E-state index contributed by atoms with van der Waals surface area (Å²) >= 11 is 2.99. The topological polar surface area (TPSA) is 153 Å². The highest BCUT2D eigenvalue weighted by molar-refractivity contribution is 9.10. The second-order valence-electron chi connectivity index (χ2n) is 6.67. The molecular formula is C23H20BBrF2N4O6. The first-order valence-electron chi connectivity index (χ1n) is 9.80. The molecule has 2 N–H and O–H groups in total. The number of hydrogen-bond acceptors (Lipinski definition) is 8. The summed E-state index contributed by atoms with van der Waals surface area (Å²) in [5, 5.41) is 37.8. The van der Waals surface area contributed by atoms with Gasteiger partial charge in [0.1, 0.15) is 0 Å². The summed E-state index contributed by atoms with van der Waals surface area (Å²) in [5.74, 6) is -1.65. The molecule has 4 rings (SSSR count). The molecule has 2 aromatic carbocycles. The van der Waals surface area contributed by atoms with Gasteiger partial charge < -0.3 is 10.0 Å². The van der Waals surface area contributed by atoms with Crippen molar-refractivity contribution in [3.63, 3.8) is 0 Å². The van der Waals surface area contributed by atoms with Gasteiger partial charge in [-0.1, -0.05) is 29.4 Å². The predicted octanol–water partition coefficient (Wildman–Crippen LogP) is 4.69.